The molecule has 0 aliphatic heterocycles. The number of nitrogens with one attached hydrogen (secondary N) is 1. The van der Waals surface area contributed by atoms with Crippen LogP contribution in [0.1, 0.15) is 31.4 Å². The van der Waals surface area contributed by atoms with Crippen molar-refractivity contribution in [2.45, 2.75) is 33.1 Å². The minimum absolute atomic E-state index is 0.0811. The van der Waals surface area contributed by atoms with Crippen LogP contribution >= 0.6 is 0 Å². The second-order valence-corrected chi connectivity index (χ2v) is 5.42. The summed E-state index contributed by atoms with van der Waals surface area (Å²) in [5.74, 6) is -0.0811. The molecule has 1 amide bonds. The third-order valence-corrected chi connectivity index (χ3v) is 3.80. The average molecular weight is 297 g/mol. The Morgan fingerprint density at radius 3 is 2.91 bits per heavy atom. The minimum Gasteiger partial charge on any atom is -0.322 e. The van der Waals surface area contributed by atoms with Gasteiger partial charge in [-0.1, -0.05) is 18.2 Å². The van der Waals surface area contributed by atoms with Crippen LogP contribution < -0.4 is 5.32 Å². The lowest BCUT2D eigenvalue weighted by atomic mass is 10.1. The second kappa shape index (κ2) is 7.59. The van der Waals surface area contributed by atoms with E-state index in [1.165, 1.54) is 17.5 Å². The van der Waals surface area contributed by atoms with Gasteiger partial charge in [-0.15, -0.1) is 0 Å². The van der Waals surface area contributed by atoms with E-state index < -0.39 is 0 Å². The highest BCUT2D eigenvalue weighted by Gasteiger charge is 2.12. The monoisotopic (exact) mass is 297 g/mol. The molecule has 22 heavy (non-hydrogen) atoms. The molecule has 0 saturated carbocycles. The molecule has 0 heterocycles. The number of hydrogen-bond donors (Lipinski definition) is 1. The van der Waals surface area contributed by atoms with Gasteiger partial charge in [-0.2, -0.15) is 5.10 Å². The highest BCUT2D eigenvalue weighted by Crippen LogP contribution is 2.25. The van der Waals surface area contributed by atoms with Gasteiger partial charge < -0.3 is 5.32 Å². The van der Waals surface area contributed by atoms with Crippen LogP contribution in [-0.4, -0.2) is 24.2 Å². The van der Waals surface area contributed by atoms with E-state index in [0.717, 1.165) is 18.5 Å². The van der Waals surface area contributed by atoms with Crippen LogP contribution in [0.4, 0.5) is 5.69 Å². The van der Waals surface area contributed by atoms with Crippen LogP contribution in [0.5, 0.6) is 0 Å². The van der Waals surface area contributed by atoms with Gasteiger partial charge in [0.05, 0.1) is 6.54 Å². The number of carbonyl (C=O) groups is 1. The van der Waals surface area contributed by atoms with Gasteiger partial charge in [-0.25, -0.2) is 0 Å². The Labute approximate surface area is 132 Å². The number of benzene rings is 1. The van der Waals surface area contributed by atoms with Gasteiger partial charge in [0, 0.05) is 24.2 Å². The van der Waals surface area contributed by atoms with Crippen LogP contribution in [0.15, 0.2) is 47.2 Å². The van der Waals surface area contributed by atoms with Crippen LogP contribution in [-0.2, 0) is 17.6 Å². The van der Waals surface area contributed by atoms with E-state index in [4.69, 9.17) is 0 Å². The molecule has 2 rings (SSSR count). The molecule has 116 valence electrons. The van der Waals surface area contributed by atoms with Gasteiger partial charge >= 0.3 is 0 Å². The Morgan fingerprint density at radius 2 is 2.18 bits per heavy atom. The third-order valence-electron chi connectivity index (χ3n) is 3.80. The molecule has 1 aliphatic carbocycles. The highest BCUT2D eigenvalue weighted by molar-refractivity contribution is 6.03. The molecule has 0 bridgehead atoms. The van der Waals surface area contributed by atoms with Crippen molar-refractivity contribution in [1.82, 2.24) is 5.01 Å². The van der Waals surface area contributed by atoms with Gasteiger partial charge in [0.25, 0.3) is 5.91 Å². The predicted octanol–water partition coefficient (Wildman–Crippen LogP) is 3.51. The first-order valence-corrected chi connectivity index (χ1v) is 7.60. The Balaban J connectivity index is 1.97. The van der Waals surface area contributed by atoms with Crippen molar-refractivity contribution in [2.75, 3.05) is 11.9 Å². The normalized spacial score (nSPS) is 14.0. The zero-order valence-electron chi connectivity index (χ0n) is 13.3. The van der Waals surface area contributed by atoms with Crippen molar-refractivity contribution in [3.63, 3.8) is 0 Å². The second-order valence-electron chi connectivity index (χ2n) is 5.42. The summed E-state index contributed by atoms with van der Waals surface area (Å²) in [6.07, 6.45) is 9.00. The molecule has 4 nitrogen and oxygen atoms in total. The van der Waals surface area contributed by atoms with Gasteiger partial charge in [0.2, 0.25) is 0 Å². The standard InChI is InChI=1S/C18H23N3O/c1-4-11-21(19-3)12-10-14(2)18(22)20-17-9-8-15-6-5-7-16(15)13-17/h4,8-11,13H,3,5-7,12H2,1-2H3,(H,20,22)/b11-4+,14-10+. The van der Waals surface area contributed by atoms with Crippen molar-refractivity contribution >= 4 is 18.3 Å². The van der Waals surface area contributed by atoms with Crippen molar-refractivity contribution < 1.29 is 4.79 Å². The molecule has 0 fully saturated rings. The van der Waals surface area contributed by atoms with Gasteiger partial charge in [-0.05, 0) is 56.4 Å². The summed E-state index contributed by atoms with van der Waals surface area (Å²) in [7, 11) is 0. The van der Waals surface area contributed by atoms with Crippen molar-refractivity contribution in [3.05, 3.63) is 53.3 Å². The van der Waals surface area contributed by atoms with E-state index in [-0.39, 0.29) is 5.91 Å². The third kappa shape index (κ3) is 4.07. The molecule has 1 aromatic carbocycles. The van der Waals surface area contributed by atoms with E-state index in [2.05, 4.69) is 29.3 Å². The zero-order valence-corrected chi connectivity index (χ0v) is 13.3. The fourth-order valence-corrected chi connectivity index (χ4v) is 2.54. The summed E-state index contributed by atoms with van der Waals surface area (Å²) in [5, 5.41) is 8.48. The zero-order chi connectivity index (χ0) is 15.9. The smallest absolute Gasteiger partial charge is 0.251 e. The number of rotatable bonds is 6. The van der Waals surface area contributed by atoms with E-state index in [9.17, 15) is 4.79 Å². The molecule has 1 aromatic rings. The Bertz CT molecular complexity index is 617. The van der Waals surface area contributed by atoms with E-state index in [0.29, 0.717) is 12.1 Å². The quantitative estimate of drug-likeness (QED) is 0.496. The summed E-state index contributed by atoms with van der Waals surface area (Å²) < 4.78 is 0. The molecule has 0 radical (unpaired) electrons. The fraction of sp³-hybridized carbons (Fsp3) is 0.333. The lowest BCUT2D eigenvalue weighted by molar-refractivity contribution is -0.112. The number of nitrogens with zero attached hydrogens (tertiary/aromatic N) is 2. The molecule has 0 saturated heterocycles. The number of hydrazone groups is 1. The van der Waals surface area contributed by atoms with E-state index in [1.54, 1.807) is 11.9 Å². The van der Waals surface area contributed by atoms with Crippen molar-refractivity contribution in [2.24, 2.45) is 5.10 Å². The Kier molecular flexibility index (Phi) is 5.53. The van der Waals surface area contributed by atoms with Crippen molar-refractivity contribution in [3.8, 4) is 0 Å². The number of fused-ring (bicyclic) bond motifs is 1. The molecule has 0 atom stereocenters. The summed E-state index contributed by atoms with van der Waals surface area (Å²) in [4.78, 5) is 12.2. The van der Waals surface area contributed by atoms with Gasteiger partial charge in [0.15, 0.2) is 0 Å². The summed E-state index contributed by atoms with van der Waals surface area (Å²) in [6, 6.07) is 6.18. The SMILES string of the molecule is C=NN(/C=C/C)C/C=C(\C)C(=O)Nc1ccc2c(c1)CCC2. The summed E-state index contributed by atoms with van der Waals surface area (Å²) >= 11 is 0. The van der Waals surface area contributed by atoms with E-state index in [1.807, 2.05) is 31.3 Å². The number of allylic oxidation sites excluding steroid dienone is 1. The Morgan fingerprint density at radius 1 is 1.41 bits per heavy atom. The molecular weight excluding hydrogens is 274 g/mol. The largest absolute Gasteiger partial charge is 0.322 e. The molecule has 1 aliphatic rings. The van der Waals surface area contributed by atoms with Crippen molar-refractivity contribution in [1.29, 1.82) is 0 Å². The number of amides is 1. The highest BCUT2D eigenvalue weighted by atomic mass is 16.1. The molecule has 4 heteroatoms. The number of aryl methyl sites for hydroxylation is 2. The first-order chi connectivity index (χ1) is 10.6. The first kappa shape index (κ1) is 16.0. The van der Waals surface area contributed by atoms with Crippen LogP contribution in [0.2, 0.25) is 0 Å². The maximum atomic E-state index is 12.2. The molecule has 0 aromatic heterocycles. The Hall–Kier alpha value is -2.36. The molecular formula is C18H23N3O. The summed E-state index contributed by atoms with van der Waals surface area (Å²) in [6.45, 7) is 7.74. The lowest BCUT2D eigenvalue weighted by Crippen LogP contribution is -2.15. The molecule has 1 N–H and O–H groups in total. The van der Waals surface area contributed by atoms with Crippen LogP contribution in [0.25, 0.3) is 0 Å². The minimum atomic E-state index is -0.0811. The topological polar surface area (TPSA) is 44.7 Å². The van der Waals surface area contributed by atoms with E-state index >= 15 is 0 Å². The van der Waals surface area contributed by atoms with Gasteiger partial charge in [0.1, 0.15) is 0 Å². The number of hydrogen-bond acceptors (Lipinski definition) is 3. The fourth-order valence-electron chi connectivity index (χ4n) is 2.54. The lowest BCUT2D eigenvalue weighted by Gasteiger charge is -2.11. The number of carbonyl (C=O) groups excluding carboxylic acids is 1. The maximum absolute atomic E-state index is 12.2. The average Bonchev–Trinajstić information content (AvgIpc) is 2.98. The molecule has 0 unspecified atom stereocenters. The number of anilines is 1. The maximum Gasteiger partial charge on any atom is 0.251 e. The van der Waals surface area contributed by atoms with Gasteiger partial charge in [-0.3, -0.25) is 9.80 Å². The molecule has 0 spiro atoms. The predicted molar refractivity (Wildman–Crippen MR) is 91.9 cm³/mol. The summed E-state index contributed by atoms with van der Waals surface area (Å²) in [5.41, 5.74) is 4.29. The van der Waals surface area contributed by atoms with Crippen LogP contribution in [0.3, 0.4) is 0 Å². The van der Waals surface area contributed by atoms with Crippen LogP contribution in [0, 0.1) is 0 Å². The first-order valence-electron chi connectivity index (χ1n) is 7.60.